The van der Waals surface area contributed by atoms with Crippen LogP contribution in [-0.2, 0) is 21.1 Å². The number of anilines is 2. The summed E-state index contributed by atoms with van der Waals surface area (Å²) in [6.45, 7) is 0.416. The summed E-state index contributed by atoms with van der Waals surface area (Å²) in [4.78, 5) is 14.0. The average molecular weight is 380 g/mol. The number of hydrogen-bond acceptors (Lipinski definition) is 4. The largest absolute Gasteiger partial charge is 0.360 e. The molecular weight excluding hydrogens is 362 g/mol. The third kappa shape index (κ3) is 4.01. The van der Waals surface area contributed by atoms with Gasteiger partial charge in [0, 0.05) is 24.6 Å². The van der Waals surface area contributed by atoms with Gasteiger partial charge in [-0.25, -0.2) is 17.2 Å². The van der Waals surface area contributed by atoms with Crippen LogP contribution in [0.5, 0.6) is 0 Å². The van der Waals surface area contributed by atoms with Gasteiger partial charge in [-0.2, -0.15) is 0 Å². The smallest absolute Gasteiger partial charge is 0.243 e. The number of rotatable bonds is 4. The van der Waals surface area contributed by atoms with E-state index in [1.807, 2.05) is 0 Å². The van der Waals surface area contributed by atoms with Crippen LogP contribution in [0.4, 0.5) is 20.2 Å². The van der Waals surface area contributed by atoms with Gasteiger partial charge < -0.3 is 10.2 Å². The van der Waals surface area contributed by atoms with Crippen molar-refractivity contribution in [1.29, 1.82) is 0 Å². The Labute approximate surface area is 150 Å². The third-order valence-corrected chi connectivity index (χ3v) is 5.33. The average Bonchev–Trinajstić information content (AvgIpc) is 2.54. The fourth-order valence-corrected chi connectivity index (χ4v) is 3.68. The molecule has 2 aromatic rings. The minimum Gasteiger partial charge on any atom is -0.360 e. The van der Waals surface area contributed by atoms with Crippen molar-refractivity contribution >= 4 is 27.1 Å². The maximum Gasteiger partial charge on any atom is 0.243 e. The van der Waals surface area contributed by atoms with Crippen LogP contribution in [-0.4, -0.2) is 33.7 Å². The molecule has 8 heteroatoms. The summed E-state index contributed by atoms with van der Waals surface area (Å²) >= 11 is 0. The molecule has 3 rings (SSSR count). The van der Waals surface area contributed by atoms with Gasteiger partial charge in [-0.1, -0.05) is 0 Å². The molecule has 0 spiro atoms. The number of amides is 1. The number of carbonyl (C=O) groups excluding carboxylic acids is 1. The molecule has 138 valence electrons. The second-order valence-electron chi connectivity index (χ2n) is 6.27. The molecule has 1 amide bonds. The SMILES string of the molecule is CS(=O)(=O)c1ccc(NC(=O)CN2CCCc3cc(F)cc(F)c32)cc1. The van der Waals surface area contributed by atoms with Gasteiger partial charge in [0.15, 0.2) is 9.84 Å². The molecule has 1 N–H and O–H groups in total. The Morgan fingerprint density at radius 1 is 1.19 bits per heavy atom. The summed E-state index contributed by atoms with van der Waals surface area (Å²) in [5.41, 5.74) is 1.26. The number of hydrogen-bond donors (Lipinski definition) is 1. The van der Waals surface area contributed by atoms with Crippen molar-refractivity contribution in [2.45, 2.75) is 17.7 Å². The van der Waals surface area contributed by atoms with E-state index in [2.05, 4.69) is 5.32 Å². The van der Waals surface area contributed by atoms with Crippen molar-refractivity contribution in [2.24, 2.45) is 0 Å². The molecule has 0 saturated carbocycles. The van der Waals surface area contributed by atoms with E-state index < -0.39 is 21.5 Å². The minimum atomic E-state index is -3.31. The predicted octanol–water partition coefficient (Wildman–Crippen LogP) is 2.76. The Morgan fingerprint density at radius 2 is 1.88 bits per heavy atom. The normalized spacial score (nSPS) is 14.0. The number of nitrogens with one attached hydrogen (secondary N) is 1. The van der Waals surface area contributed by atoms with E-state index in [0.29, 0.717) is 30.6 Å². The van der Waals surface area contributed by atoms with Gasteiger partial charge in [-0.15, -0.1) is 0 Å². The van der Waals surface area contributed by atoms with Crippen LogP contribution >= 0.6 is 0 Å². The molecule has 1 aliphatic heterocycles. The lowest BCUT2D eigenvalue weighted by molar-refractivity contribution is -0.115. The highest BCUT2D eigenvalue weighted by atomic mass is 32.2. The standard InChI is InChI=1S/C18H18F2N2O3S/c1-26(24,25)15-6-4-14(5-7-15)21-17(23)11-22-8-2-3-12-9-13(19)10-16(20)18(12)22/h4-7,9-10H,2-3,8,11H2,1H3,(H,21,23). The highest BCUT2D eigenvalue weighted by Crippen LogP contribution is 2.30. The van der Waals surface area contributed by atoms with Crippen LogP contribution in [0.15, 0.2) is 41.3 Å². The van der Waals surface area contributed by atoms with Gasteiger partial charge in [0.05, 0.1) is 17.1 Å². The maximum absolute atomic E-state index is 14.1. The Hall–Kier alpha value is -2.48. The van der Waals surface area contributed by atoms with E-state index >= 15 is 0 Å². The summed E-state index contributed by atoms with van der Waals surface area (Å²) in [6.07, 6.45) is 2.37. The Kier molecular flexibility index (Phi) is 4.95. The maximum atomic E-state index is 14.1. The number of aryl methyl sites for hydroxylation is 1. The number of benzene rings is 2. The molecule has 0 aromatic heterocycles. The van der Waals surface area contributed by atoms with E-state index in [4.69, 9.17) is 0 Å². The molecule has 1 heterocycles. The first kappa shape index (κ1) is 18.3. The molecule has 0 atom stereocenters. The van der Waals surface area contributed by atoms with Gasteiger partial charge >= 0.3 is 0 Å². The first-order chi connectivity index (χ1) is 12.2. The van der Waals surface area contributed by atoms with Gasteiger partial charge in [0.1, 0.15) is 11.6 Å². The summed E-state index contributed by atoms with van der Waals surface area (Å²) in [6, 6.07) is 7.92. The Balaban J connectivity index is 1.72. The number of sulfone groups is 1. The van der Waals surface area contributed by atoms with Crippen LogP contribution in [0, 0.1) is 11.6 Å². The first-order valence-electron chi connectivity index (χ1n) is 8.07. The number of nitrogens with zero attached hydrogens (tertiary/aromatic N) is 1. The van der Waals surface area contributed by atoms with E-state index in [1.54, 1.807) is 4.90 Å². The zero-order chi connectivity index (χ0) is 18.9. The summed E-state index contributed by atoms with van der Waals surface area (Å²) < 4.78 is 50.4. The third-order valence-electron chi connectivity index (χ3n) is 4.20. The van der Waals surface area contributed by atoms with Crippen molar-refractivity contribution in [3.63, 3.8) is 0 Å². The molecular formula is C18H18F2N2O3S. The summed E-state index contributed by atoms with van der Waals surface area (Å²) in [5, 5.41) is 2.66. The summed E-state index contributed by atoms with van der Waals surface area (Å²) in [5.74, 6) is -1.67. The molecule has 0 unspecified atom stereocenters. The highest BCUT2D eigenvalue weighted by Gasteiger charge is 2.23. The lowest BCUT2D eigenvalue weighted by Gasteiger charge is -2.31. The van der Waals surface area contributed by atoms with Crippen LogP contribution in [0.25, 0.3) is 0 Å². The van der Waals surface area contributed by atoms with Crippen LogP contribution < -0.4 is 10.2 Å². The zero-order valence-corrected chi connectivity index (χ0v) is 14.9. The van der Waals surface area contributed by atoms with E-state index in [-0.39, 0.29) is 23.0 Å². The fraction of sp³-hybridized carbons (Fsp3) is 0.278. The molecule has 5 nitrogen and oxygen atoms in total. The molecule has 26 heavy (non-hydrogen) atoms. The lowest BCUT2D eigenvalue weighted by atomic mass is 10.0. The molecule has 1 aliphatic rings. The van der Waals surface area contributed by atoms with Crippen molar-refractivity contribution in [3.8, 4) is 0 Å². The minimum absolute atomic E-state index is 0.0800. The second kappa shape index (κ2) is 7.03. The molecule has 0 aliphatic carbocycles. The molecule has 0 radical (unpaired) electrons. The number of fused-ring (bicyclic) bond motifs is 1. The van der Waals surface area contributed by atoms with Crippen molar-refractivity contribution in [3.05, 3.63) is 53.6 Å². The van der Waals surface area contributed by atoms with Gasteiger partial charge in [0.25, 0.3) is 0 Å². The number of halogens is 2. The van der Waals surface area contributed by atoms with E-state index in [9.17, 15) is 22.0 Å². The predicted molar refractivity (Wildman–Crippen MR) is 95.1 cm³/mol. The Bertz CT molecular complexity index is 944. The molecule has 0 bridgehead atoms. The molecule has 0 saturated heterocycles. The molecule has 2 aromatic carbocycles. The van der Waals surface area contributed by atoms with Crippen molar-refractivity contribution < 1.29 is 22.0 Å². The second-order valence-corrected chi connectivity index (χ2v) is 8.28. The first-order valence-corrected chi connectivity index (χ1v) is 9.96. The molecule has 0 fully saturated rings. The van der Waals surface area contributed by atoms with Crippen LogP contribution in [0.3, 0.4) is 0 Å². The number of carbonyl (C=O) groups is 1. The van der Waals surface area contributed by atoms with E-state index in [1.165, 1.54) is 30.3 Å². The zero-order valence-electron chi connectivity index (χ0n) is 14.1. The Morgan fingerprint density at radius 3 is 2.54 bits per heavy atom. The van der Waals surface area contributed by atoms with Gasteiger partial charge in [-0.05, 0) is 48.7 Å². The van der Waals surface area contributed by atoms with Crippen molar-refractivity contribution in [1.82, 2.24) is 0 Å². The van der Waals surface area contributed by atoms with Gasteiger partial charge in [-0.3, -0.25) is 4.79 Å². The lowest BCUT2D eigenvalue weighted by Crippen LogP contribution is -2.37. The monoisotopic (exact) mass is 380 g/mol. The van der Waals surface area contributed by atoms with Crippen LogP contribution in [0.2, 0.25) is 0 Å². The van der Waals surface area contributed by atoms with E-state index in [0.717, 1.165) is 12.3 Å². The fourth-order valence-electron chi connectivity index (χ4n) is 3.05. The van der Waals surface area contributed by atoms with Gasteiger partial charge in [0.2, 0.25) is 5.91 Å². The quantitative estimate of drug-likeness (QED) is 0.886. The highest BCUT2D eigenvalue weighted by molar-refractivity contribution is 7.90. The van der Waals surface area contributed by atoms with Crippen LogP contribution in [0.1, 0.15) is 12.0 Å². The van der Waals surface area contributed by atoms with Crippen molar-refractivity contribution in [2.75, 3.05) is 29.6 Å². The topological polar surface area (TPSA) is 66.5 Å². The summed E-state index contributed by atoms with van der Waals surface area (Å²) in [7, 11) is -3.31.